The Hall–Kier alpha value is -7.92. The Morgan fingerprint density at radius 1 is 0.370 bits per heavy atom. The Morgan fingerprint density at radius 3 is 1.38 bits per heavy atom. The molecule has 0 amide bonds. The minimum atomic E-state index is -0.595. The van der Waals surface area contributed by atoms with Crippen LogP contribution in [0.2, 0.25) is 0 Å². The van der Waals surface area contributed by atoms with Gasteiger partial charge in [-0.25, -0.2) is 0 Å². The number of benzene rings is 10. The molecule has 2 heterocycles. The van der Waals surface area contributed by atoms with Gasteiger partial charge in [-0.2, -0.15) is 0 Å². The molecule has 2 aliphatic carbocycles. The third-order valence-corrected chi connectivity index (χ3v) is 18.6. The number of fused-ring (bicyclic) bond motifs is 17. The molecule has 0 aliphatic heterocycles. The molecule has 1 spiro atoms. The van der Waals surface area contributed by atoms with Gasteiger partial charge in [0.15, 0.2) is 0 Å². The lowest BCUT2D eigenvalue weighted by atomic mass is 9.70. The van der Waals surface area contributed by atoms with E-state index in [1.54, 1.807) is 0 Å². The lowest BCUT2D eigenvalue weighted by Crippen LogP contribution is -2.26. The predicted molar refractivity (Wildman–Crippen MR) is 346 cm³/mol. The molecule has 0 unspecified atom stereocenters. The summed E-state index contributed by atoms with van der Waals surface area (Å²) in [6.45, 7) is 27.9. The highest BCUT2D eigenvalue weighted by Crippen LogP contribution is 2.65. The molecule has 0 saturated heterocycles. The van der Waals surface area contributed by atoms with Crippen LogP contribution in [0.25, 0.3) is 88.4 Å². The molecular weight excluding hydrogens is 1050 g/mol. The largest absolute Gasteiger partial charge is 0.456 e. The van der Waals surface area contributed by atoms with E-state index in [-0.39, 0.29) is 21.7 Å². The molecular formula is C77H69BrN2O. The summed E-state index contributed by atoms with van der Waals surface area (Å²) >= 11 is 4.40. The molecule has 81 heavy (non-hydrogen) atoms. The van der Waals surface area contributed by atoms with Crippen molar-refractivity contribution in [3.63, 3.8) is 0 Å². The van der Waals surface area contributed by atoms with E-state index < -0.39 is 5.41 Å². The Balaban J connectivity index is 1.08. The lowest BCUT2D eigenvalue weighted by molar-refractivity contribution is 0.469. The zero-order chi connectivity index (χ0) is 56.3. The summed E-state index contributed by atoms with van der Waals surface area (Å²) in [4.78, 5) is 0. The number of aromatic nitrogens is 2. The van der Waals surface area contributed by atoms with E-state index in [9.17, 15) is 0 Å². The van der Waals surface area contributed by atoms with Crippen molar-refractivity contribution < 1.29 is 4.74 Å². The smallest absolute Gasteiger partial charge is 0.144 e. The van der Waals surface area contributed by atoms with Gasteiger partial charge in [-0.1, -0.05) is 235 Å². The summed E-state index contributed by atoms with van der Waals surface area (Å²) in [7, 11) is 0. The average Bonchev–Trinajstić information content (AvgIpc) is 3.19. The summed E-state index contributed by atoms with van der Waals surface area (Å²) in [6, 6.07) is 75.6. The number of nitrogens with zero attached hydrogens (tertiary/aromatic N) is 2. The van der Waals surface area contributed by atoms with Crippen LogP contribution in [-0.4, -0.2) is 9.13 Å². The van der Waals surface area contributed by atoms with Crippen LogP contribution >= 0.6 is 15.9 Å². The summed E-state index contributed by atoms with van der Waals surface area (Å²) in [5.74, 6) is 1.58. The van der Waals surface area contributed by atoms with E-state index in [0.29, 0.717) is 0 Å². The van der Waals surface area contributed by atoms with Crippen LogP contribution in [0.1, 0.15) is 128 Å². The van der Waals surface area contributed by atoms with Crippen LogP contribution in [0, 0.1) is 0 Å². The molecule has 14 rings (SSSR count). The Labute approximate surface area is 486 Å². The maximum absolute atomic E-state index is 7.82. The van der Waals surface area contributed by atoms with E-state index in [2.05, 4.69) is 308 Å². The summed E-state index contributed by atoms with van der Waals surface area (Å²) < 4.78 is 13.7. The zero-order valence-electron chi connectivity index (χ0n) is 48.7. The highest BCUT2D eigenvalue weighted by atomic mass is 79.9. The maximum Gasteiger partial charge on any atom is 0.144 e. The van der Waals surface area contributed by atoms with Crippen LogP contribution in [0.4, 0.5) is 0 Å². The van der Waals surface area contributed by atoms with Crippen molar-refractivity contribution in [1.82, 2.24) is 9.13 Å². The van der Waals surface area contributed by atoms with E-state index >= 15 is 0 Å². The molecule has 0 N–H and O–H groups in total. The third-order valence-electron chi connectivity index (χ3n) is 17.8. The maximum atomic E-state index is 7.82. The van der Waals surface area contributed by atoms with Gasteiger partial charge in [0, 0.05) is 32.8 Å². The average molecular weight is 1120 g/mol. The van der Waals surface area contributed by atoms with Crippen molar-refractivity contribution in [3.8, 4) is 56.3 Å². The second-order valence-corrected chi connectivity index (χ2v) is 27.9. The van der Waals surface area contributed by atoms with Crippen molar-refractivity contribution in [3.05, 3.63) is 249 Å². The molecule has 400 valence electrons. The van der Waals surface area contributed by atoms with Crippen LogP contribution in [0.5, 0.6) is 11.5 Å². The van der Waals surface area contributed by atoms with Crippen LogP contribution in [-0.2, 0) is 27.1 Å². The topological polar surface area (TPSA) is 19.1 Å². The summed E-state index contributed by atoms with van der Waals surface area (Å²) in [5, 5.41) is 4.86. The van der Waals surface area contributed by atoms with Gasteiger partial charge in [0.1, 0.15) is 11.5 Å². The molecule has 4 heteroatoms. The van der Waals surface area contributed by atoms with Crippen molar-refractivity contribution in [1.29, 1.82) is 0 Å². The van der Waals surface area contributed by atoms with Crippen LogP contribution in [0.3, 0.4) is 0 Å². The standard InChI is InChI=1S/C77H69BrN2O/c1-73(2,3)48-38-46(39-49(42-48)74(4,5)6)47-40-66(71(78)68(41-47)81-67-35-23-29-57-55-26-15-20-32-62(55)77(70(57)67)60-30-18-13-24-53(60)54-25-14-19-31-61(54)77)80-64-34-22-17-28-59(64)69-65(80)37-36-58-56-27-16-21-33-63(56)79(72(58)69)52-44-50(75(7,8)9)43-51(45-52)76(10,11)12/h13-45H,1-12H3. The fourth-order valence-electron chi connectivity index (χ4n) is 13.6. The summed E-state index contributed by atoms with van der Waals surface area (Å²) in [5.41, 5.74) is 23.4. The molecule has 10 aromatic carbocycles. The molecule has 0 fully saturated rings. The van der Waals surface area contributed by atoms with Gasteiger partial charge in [-0.05, 0) is 158 Å². The zero-order valence-corrected chi connectivity index (χ0v) is 50.3. The molecule has 12 aromatic rings. The number of halogens is 1. The van der Waals surface area contributed by atoms with Gasteiger partial charge in [-0.3, -0.25) is 0 Å². The van der Waals surface area contributed by atoms with Gasteiger partial charge < -0.3 is 13.9 Å². The first-order chi connectivity index (χ1) is 38.6. The Kier molecular flexibility index (Phi) is 11.3. The number of rotatable bonds is 5. The second kappa shape index (κ2) is 17.8. The molecule has 2 aliphatic rings. The highest BCUT2D eigenvalue weighted by molar-refractivity contribution is 9.10. The molecule has 3 nitrogen and oxygen atoms in total. The van der Waals surface area contributed by atoms with Gasteiger partial charge >= 0.3 is 0 Å². The van der Waals surface area contributed by atoms with Crippen molar-refractivity contribution in [2.24, 2.45) is 0 Å². The number of ether oxygens (including phenoxy) is 1. The monoisotopic (exact) mass is 1120 g/mol. The first-order valence-corrected chi connectivity index (χ1v) is 29.6. The predicted octanol–water partition coefficient (Wildman–Crippen LogP) is 21.6. The minimum absolute atomic E-state index is 0.0618. The lowest BCUT2D eigenvalue weighted by Gasteiger charge is -2.31. The first-order valence-electron chi connectivity index (χ1n) is 28.8. The normalized spacial score (nSPS) is 13.8. The Bertz CT molecular complexity index is 4480. The van der Waals surface area contributed by atoms with E-state index in [1.807, 2.05) is 0 Å². The van der Waals surface area contributed by atoms with Gasteiger partial charge in [0.25, 0.3) is 0 Å². The first kappa shape index (κ1) is 51.2. The summed E-state index contributed by atoms with van der Waals surface area (Å²) in [6.07, 6.45) is 0. The van der Waals surface area contributed by atoms with Crippen molar-refractivity contribution >= 4 is 59.5 Å². The van der Waals surface area contributed by atoms with Gasteiger partial charge in [-0.15, -0.1) is 0 Å². The fraction of sp³-hybridized carbons (Fsp3) is 0.221. The van der Waals surface area contributed by atoms with Crippen molar-refractivity contribution in [2.75, 3.05) is 0 Å². The second-order valence-electron chi connectivity index (χ2n) is 27.1. The van der Waals surface area contributed by atoms with E-state index in [0.717, 1.165) is 43.8 Å². The number of para-hydroxylation sites is 2. The van der Waals surface area contributed by atoms with Gasteiger partial charge in [0.05, 0.1) is 37.6 Å². The number of hydrogen-bond donors (Lipinski definition) is 0. The van der Waals surface area contributed by atoms with Gasteiger partial charge in [0.2, 0.25) is 0 Å². The van der Waals surface area contributed by atoms with Crippen LogP contribution < -0.4 is 4.74 Å². The minimum Gasteiger partial charge on any atom is -0.456 e. The molecule has 0 saturated carbocycles. The Morgan fingerprint density at radius 2 is 0.827 bits per heavy atom. The quantitative estimate of drug-likeness (QED) is 0.168. The third kappa shape index (κ3) is 7.72. The highest BCUT2D eigenvalue weighted by Gasteiger charge is 2.53. The van der Waals surface area contributed by atoms with Crippen LogP contribution in [0.15, 0.2) is 205 Å². The fourth-order valence-corrected chi connectivity index (χ4v) is 14.1. The van der Waals surface area contributed by atoms with E-state index in [4.69, 9.17) is 4.74 Å². The molecule has 0 radical (unpaired) electrons. The van der Waals surface area contributed by atoms with Crippen molar-refractivity contribution in [2.45, 2.75) is 110 Å². The molecule has 2 aromatic heterocycles. The molecule has 0 bridgehead atoms. The SMILES string of the molecule is CC(C)(C)c1cc(-c2cc(Oc3cccc4c3C3(c5ccccc5-c5ccccc53)c3ccccc3-4)c(Br)c(-n3c4ccccc4c4c3ccc3c5ccccc5n(-c5cc(C(C)(C)C)cc(C(C)(C)C)c5)c34)c2)cc(C(C)(C)C)c1. The molecule has 0 atom stereocenters. The van der Waals surface area contributed by atoms with E-state index in [1.165, 1.54) is 105 Å². The number of hydrogen-bond acceptors (Lipinski definition) is 1.